The van der Waals surface area contributed by atoms with Crippen molar-refractivity contribution in [3.8, 4) is 0 Å². The summed E-state index contributed by atoms with van der Waals surface area (Å²) in [5.74, 6) is -0.688. The van der Waals surface area contributed by atoms with Crippen molar-refractivity contribution in [3.63, 3.8) is 0 Å². The van der Waals surface area contributed by atoms with Gasteiger partial charge in [0.15, 0.2) is 0 Å². The Bertz CT molecular complexity index is 1980. The van der Waals surface area contributed by atoms with E-state index in [2.05, 4.69) is 33.1 Å². The number of benzene rings is 3. The summed E-state index contributed by atoms with van der Waals surface area (Å²) in [6.07, 6.45) is 5.69. The van der Waals surface area contributed by atoms with E-state index in [1.165, 1.54) is 36.4 Å². The molecular formula is C41H49F2N5O5S. The predicted octanol–water partition coefficient (Wildman–Crippen LogP) is 6.15. The highest BCUT2D eigenvalue weighted by Gasteiger charge is 2.53. The molecule has 3 heterocycles. The number of carbonyl (C=O) groups is 2. The summed E-state index contributed by atoms with van der Waals surface area (Å²) in [5.41, 5.74) is 1.26. The van der Waals surface area contributed by atoms with Crippen LogP contribution in [-0.4, -0.2) is 93.7 Å². The van der Waals surface area contributed by atoms with Crippen LogP contribution in [0.1, 0.15) is 44.1 Å². The first-order valence-electron chi connectivity index (χ1n) is 19.0. The molecule has 13 heteroatoms. The molecule has 4 aliphatic rings. The molecule has 0 radical (unpaired) electrons. The van der Waals surface area contributed by atoms with Crippen molar-refractivity contribution in [2.75, 3.05) is 62.6 Å². The number of piperidine rings is 1. The highest BCUT2D eigenvalue weighted by atomic mass is 32.2. The molecule has 0 aromatic heterocycles. The predicted molar refractivity (Wildman–Crippen MR) is 203 cm³/mol. The van der Waals surface area contributed by atoms with Crippen molar-refractivity contribution in [2.24, 2.45) is 17.8 Å². The molecule has 3 atom stereocenters. The second-order valence-electron chi connectivity index (χ2n) is 15.5. The van der Waals surface area contributed by atoms with Gasteiger partial charge in [-0.05, 0) is 130 Å². The van der Waals surface area contributed by atoms with Gasteiger partial charge in [-0.1, -0.05) is 31.2 Å². The van der Waals surface area contributed by atoms with Crippen LogP contribution in [0.15, 0.2) is 89.2 Å². The topological polar surface area (TPSA) is 122 Å². The standard InChI is InChI=1S/C41H49F2N5O5S/c1-2-39(49)44-32-9-4-10-33(22-32)54(52,53)34-13-14-38(36(43)23-34)48-25-28(26-48)24-46-19-15-29(16-20-46)41(27-47-17-6-18-47,30-7-3-8-31(42)21-30)35-11-5-12-37(35)45-40(50)51/h2-4,7-10,13-14,21-23,28-29,35,37,45H,1,5-6,11-12,15-20,24-27H2,(H,44,49)(H,50,51)/t35-,37-,41-/m0/s1. The molecule has 0 unspecified atom stereocenters. The largest absolute Gasteiger partial charge is 0.465 e. The highest BCUT2D eigenvalue weighted by Crippen LogP contribution is 2.51. The van der Waals surface area contributed by atoms with Crippen LogP contribution in [-0.2, 0) is 20.0 Å². The van der Waals surface area contributed by atoms with Crippen LogP contribution in [0.2, 0.25) is 0 Å². The summed E-state index contributed by atoms with van der Waals surface area (Å²) in [7, 11) is -4.04. The average Bonchev–Trinajstić information content (AvgIpc) is 3.58. The lowest BCUT2D eigenvalue weighted by Crippen LogP contribution is -2.60. The summed E-state index contributed by atoms with van der Waals surface area (Å²) in [5, 5.41) is 15.1. The molecule has 3 aromatic carbocycles. The highest BCUT2D eigenvalue weighted by molar-refractivity contribution is 7.91. The number of anilines is 2. The van der Waals surface area contributed by atoms with E-state index in [0.717, 1.165) is 95.5 Å². The van der Waals surface area contributed by atoms with Gasteiger partial charge >= 0.3 is 6.09 Å². The third-order valence-electron chi connectivity index (χ3n) is 12.2. The van der Waals surface area contributed by atoms with E-state index in [-0.39, 0.29) is 38.9 Å². The molecule has 3 saturated heterocycles. The van der Waals surface area contributed by atoms with Crippen LogP contribution in [0.4, 0.5) is 25.0 Å². The number of rotatable bonds is 13. The zero-order valence-corrected chi connectivity index (χ0v) is 31.2. The Morgan fingerprint density at radius 3 is 2.30 bits per heavy atom. The van der Waals surface area contributed by atoms with E-state index in [9.17, 15) is 27.5 Å². The summed E-state index contributed by atoms with van der Waals surface area (Å²) in [4.78, 5) is 30.2. The number of sulfone groups is 1. The molecule has 0 spiro atoms. The molecule has 4 fully saturated rings. The van der Waals surface area contributed by atoms with Gasteiger partial charge in [0.1, 0.15) is 11.6 Å². The minimum Gasteiger partial charge on any atom is -0.465 e. The molecule has 2 amide bonds. The molecule has 0 bridgehead atoms. The van der Waals surface area contributed by atoms with Crippen molar-refractivity contribution in [2.45, 2.75) is 59.8 Å². The van der Waals surface area contributed by atoms with E-state index < -0.39 is 27.7 Å². The fourth-order valence-corrected chi connectivity index (χ4v) is 10.9. The van der Waals surface area contributed by atoms with Crippen molar-refractivity contribution in [1.29, 1.82) is 0 Å². The van der Waals surface area contributed by atoms with Gasteiger partial charge in [0.05, 0.1) is 15.5 Å². The first-order valence-corrected chi connectivity index (χ1v) is 20.5. The van der Waals surface area contributed by atoms with Crippen molar-refractivity contribution < 1.29 is 31.9 Å². The van der Waals surface area contributed by atoms with Crippen molar-refractivity contribution >= 4 is 33.2 Å². The Morgan fingerprint density at radius 1 is 0.889 bits per heavy atom. The zero-order chi connectivity index (χ0) is 38.0. The molecular weight excluding hydrogens is 713 g/mol. The number of amides is 2. The van der Waals surface area contributed by atoms with Crippen LogP contribution >= 0.6 is 0 Å². The third kappa shape index (κ3) is 7.76. The summed E-state index contributed by atoms with van der Waals surface area (Å²) < 4.78 is 57.1. The smallest absolute Gasteiger partial charge is 0.404 e. The second kappa shape index (κ2) is 15.8. The molecule has 7 rings (SSSR count). The first-order chi connectivity index (χ1) is 26.0. The Hall–Kier alpha value is -4.33. The van der Waals surface area contributed by atoms with Crippen molar-refractivity contribution in [3.05, 3.63) is 96.6 Å². The lowest BCUT2D eigenvalue weighted by Gasteiger charge is -2.54. The van der Waals surface area contributed by atoms with E-state index >= 15 is 4.39 Å². The number of halogens is 2. The summed E-state index contributed by atoms with van der Waals surface area (Å²) in [6.45, 7) is 10.1. The normalized spacial score (nSPS) is 22.5. The maximum absolute atomic E-state index is 15.5. The van der Waals surface area contributed by atoms with Crippen LogP contribution in [0.25, 0.3) is 0 Å². The third-order valence-corrected chi connectivity index (χ3v) is 14.0. The number of nitrogens with zero attached hydrogens (tertiary/aromatic N) is 3. The van der Waals surface area contributed by atoms with Crippen molar-refractivity contribution in [1.82, 2.24) is 15.1 Å². The number of carbonyl (C=O) groups excluding carboxylic acids is 1. The molecule has 288 valence electrons. The second-order valence-corrected chi connectivity index (χ2v) is 17.4. The van der Waals surface area contributed by atoms with E-state index in [0.29, 0.717) is 30.4 Å². The Morgan fingerprint density at radius 2 is 1.63 bits per heavy atom. The van der Waals surface area contributed by atoms with Gasteiger partial charge in [-0.3, -0.25) is 4.79 Å². The SMILES string of the molecule is C=CC(=O)Nc1cccc(S(=O)(=O)c2ccc(N3CC(CN4CCC([C@@](CN5CCC5)(c5cccc(F)c5)[C@H]5CCC[C@@H]5NC(=O)O)CC4)C3)c(F)c2)c1. The first kappa shape index (κ1) is 38.0. The molecule has 10 nitrogen and oxygen atoms in total. The Balaban J connectivity index is 1.00. The molecule has 3 aliphatic heterocycles. The van der Waals surface area contributed by atoms with Gasteiger partial charge in [-0.15, -0.1) is 0 Å². The lowest BCUT2D eigenvalue weighted by molar-refractivity contribution is -0.111. The maximum Gasteiger partial charge on any atom is 0.404 e. The van der Waals surface area contributed by atoms with Gasteiger partial charge in [0.25, 0.3) is 0 Å². The van der Waals surface area contributed by atoms with E-state index in [1.54, 1.807) is 18.2 Å². The number of hydrogen-bond acceptors (Lipinski definition) is 7. The van der Waals surface area contributed by atoms with Gasteiger partial charge in [0, 0.05) is 49.2 Å². The summed E-state index contributed by atoms with van der Waals surface area (Å²) in [6, 6.07) is 16.7. The monoisotopic (exact) mass is 761 g/mol. The summed E-state index contributed by atoms with van der Waals surface area (Å²) >= 11 is 0. The minimum absolute atomic E-state index is 0.0574. The molecule has 1 aliphatic carbocycles. The van der Waals surface area contributed by atoms with Gasteiger partial charge in [0.2, 0.25) is 15.7 Å². The number of likely N-dealkylation sites (tertiary alicyclic amines) is 2. The fraction of sp³-hybridized carbons (Fsp3) is 0.463. The zero-order valence-electron chi connectivity index (χ0n) is 30.4. The molecule has 54 heavy (non-hydrogen) atoms. The number of hydrogen-bond donors (Lipinski definition) is 3. The van der Waals surface area contributed by atoms with Gasteiger partial charge in [-0.25, -0.2) is 22.0 Å². The van der Waals surface area contributed by atoms with E-state index in [1.807, 2.05) is 4.90 Å². The Labute approximate surface area is 316 Å². The molecule has 1 saturated carbocycles. The van der Waals surface area contributed by atoms with Crippen LogP contribution in [0.5, 0.6) is 0 Å². The average molecular weight is 762 g/mol. The fourth-order valence-electron chi connectivity index (χ4n) is 9.55. The molecule has 3 aromatic rings. The van der Waals surface area contributed by atoms with E-state index in [4.69, 9.17) is 0 Å². The van der Waals surface area contributed by atoms with Crippen LogP contribution in [0, 0.1) is 29.4 Å². The van der Waals surface area contributed by atoms with Gasteiger partial charge < -0.3 is 30.4 Å². The number of carboxylic acid groups (broad SMARTS) is 1. The lowest BCUT2D eigenvalue weighted by atomic mass is 9.57. The maximum atomic E-state index is 15.5. The number of nitrogens with one attached hydrogen (secondary N) is 2. The minimum atomic E-state index is -4.04. The van der Waals surface area contributed by atoms with Crippen LogP contribution in [0.3, 0.4) is 0 Å². The Kier molecular flexibility index (Phi) is 11.1. The van der Waals surface area contributed by atoms with Crippen LogP contribution < -0.4 is 15.5 Å². The molecule has 3 N–H and O–H groups in total. The van der Waals surface area contributed by atoms with Gasteiger partial charge in [-0.2, -0.15) is 0 Å². The quantitative estimate of drug-likeness (QED) is 0.178.